The van der Waals surface area contributed by atoms with Crippen molar-refractivity contribution in [1.82, 2.24) is 0 Å². The Kier molecular flexibility index (Phi) is 8.97. The smallest absolute Gasteiger partial charge is 0.123 e. The molecule has 0 saturated heterocycles. The molecule has 5 heteroatoms. The molecule has 0 aliphatic carbocycles. The van der Waals surface area contributed by atoms with E-state index in [1.807, 2.05) is 0 Å². The van der Waals surface area contributed by atoms with E-state index in [0.717, 1.165) is 18.7 Å². The number of hydrogen-bond donors (Lipinski definition) is 1. The van der Waals surface area contributed by atoms with Gasteiger partial charge in [-0.1, -0.05) is 0 Å². The summed E-state index contributed by atoms with van der Waals surface area (Å²) in [5.41, 5.74) is 0.890. The van der Waals surface area contributed by atoms with E-state index in [9.17, 15) is 4.39 Å². The van der Waals surface area contributed by atoms with E-state index >= 15 is 0 Å². The van der Waals surface area contributed by atoms with Gasteiger partial charge in [0.25, 0.3) is 0 Å². The molecule has 1 N–H and O–H groups in total. The van der Waals surface area contributed by atoms with Gasteiger partial charge in [0.1, 0.15) is 5.82 Å². The van der Waals surface area contributed by atoms with E-state index in [2.05, 4.69) is 5.32 Å². The summed E-state index contributed by atoms with van der Waals surface area (Å²) in [5.74, 6) is -0.229. The van der Waals surface area contributed by atoms with Crippen molar-refractivity contribution >= 4 is 5.69 Å². The molecule has 1 aromatic rings. The number of anilines is 1. The van der Waals surface area contributed by atoms with Crippen molar-refractivity contribution in [3.63, 3.8) is 0 Å². The lowest BCUT2D eigenvalue weighted by atomic mass is 10.3. The average Bonchev–Trinajstić information content (AvgIpc) is 2.43. The zero-order chi connectivity index (χ0) is 13.8. The second kappa shape index (κ2) is 10.7. The second-order valence-electron chi connectivity index (χ2n) is 4.00. The molecule has 0 fully saturated rings. The molecule has 108 valence electrons. The standard InChI is InChI=1S/C14H22FNO3/c1-17-8-2-9-18-11-12-19-10-7-16-14-5-3-13(15)4-6-14/h3-6,16H,2,7-12H2,1H3. The van der Waals surface area contributed by atoms with Crippen LogP contribution in [-0.2, 0) is 14.2 Å². The van der Waals surface area contributed by atoms with Crippen molar-refractivity contribution in [2.75, 3.05) is 52.0 Å². The van der Waals surface area contributed by atoms with E-state index in [0.29, 0.717) is 33.0 Å². The number of ether oxygens (including phenoxy) is 3. The summed E-state index contributed by atoms with van der Waals surface area (Å²) in [4.78, 5) is 0. The summed E-state index contributed by atoms with van der Waals surface area (Å²) in [6.45, 7) is 3.89. The highest BCUT2D eigenvalue weighted by molar-refractivity contribution is 5.42. The third-order valence-electron chi connectivity index (χ3n) is 2.43. The van der Waals surface area contributed by atoms with Gasteiger partial charge in [-0.2, -0.15) is 0 Å². The highest BCUT2D eigenvalue weighted by Gasteiger charge is 1.93. The van der Waals surface area contributed by atoms with Gasteiger partial charge < -0.3 is 19.5 Å². The van der Waals surface area contributed by atoms with Crippen LogP contribution in [0.2, 0.25) is 0 Å². The molecule has 0 unspecified atom stereocenters. The lowest BCUT2D eigenvalue weighted by Crippen LogP contribution is -2.13. The van der Waals surface area contributed by atoms with Crippen LogP contribution >= 0.6 is 0 Å². The summed E-state index contributed by atoms with van der Waals surface area (Å²) >= 11 is 0. The first kappa shape index (κ1) is 15.9. The summed E-state index contributed by atoms with van der Waals surface area (Å²) < 4.78 is 28.3. The quantitative estimate of drug-likeness (QED) is 0.627. The van der Waals surface area contributed by atoms with Crippen LogP contribution in [0.5, 0.6) is 0 Å². The van der Waals surface area contributed by atoms with Gasteiger partial charge in [-0.3, -0.25) is 0 Å². The Morgan fingerprint density at radius 3 is 2.32 bits per heavy atom. The molecule has 0 saturated carbocycles. The minimum absolute atomic E-state index is 0.229. The Morgan fingerprint density at radius 2 is 1.63 bits per heavy atom. The highest BCUT2D eigenvalue weighted by atomic mass is 19.1. The van der Waals surface area contributed by atoms with Crippen LogP contribution in [0.15, 0.2) is 24.3 Å². The highest BCUT2D eigenvalue weighted by Crippen LogP contribution is 2.07. The lowest BCUT2D eigenvalue weighted by Gasteiger charge is -2.08. The van der Waals surface area contributed by atoms with Crippen molar-refractivity contribution in [1.29, 1.82) is 0 Å². The molecule has 19 heavy (non-hydrogen) atoms. The lowest BCUT2D eigenvalue weighted by molar-refractivity contribution is 0.0431. The number of hydrogen-bond acceptors (Lipinski definition) is 4. The minimum Gasteiger partial charge on any atom is -0.385 e. The minimum atomic E-state index is -0.229. The Bertz CT molecular complexity index is 319. The number of halogens is 1. The first-order valence-electron chi connectivity index (χ1n) is 6.47. The zero-order valence-electron chi connectivity index (χ0n) is 11.4. The molecule has 0 amide bonds. The van der Waals surface area contributed by atoms with Crippen LogP contribution < -0.4 is 5.32 Å². The van der Waals surface area contributed by atoms with E-state index in [-0.39, 0.29) is 5.82 Å². The van der Waals surface area contributed by atoms with Crippen molar-refractivity contribution in [3.05, 3.63) is 30.1 Å². The molecule has 0 aromatic heterocycles. The first-order chi connectivity index (χ1) is 9.33. The van der Waals surface area contributed by atoms with Crippen molar-refractivity contribution in [3.8, 4) is 0 Å². The van der Waals surface area contributed by atoms with Gasteiger partial charge in [-0.15, -0.1) is 0 Å². The van der Waals surface area contributed by atoms with Crippen LogP contribution in [0.1, 0.15) is 6.42 Å². The van der Waals surface area contributed by atoms with Gasteiger partial charge in [0.05, 0.1) is 19.8 Å². The molecule has 1 rings (SSSR count). The van der Waals surface area contributed by atoms with Crippen LogP contribution in [0.25, 0.3) is 0 Å². The molecule has 4 nitrogen and oxygen atoms in total. The molecule has 0 aliphatic heterocycles. The van der Waals surface area contributed by atoms with Gasteiger partial charge in [0.2, 0.25) is 0 Å². The maximum absolute atomic E-state index is 12.7. The summed E-state index contributed by atoms with van der Waals surface area (Å²) in [7, 11) is 1.68. The molecule has 0 radical (unpaired) electrons. The summed E-state index contributed by atoms with van der Waals surface area (Å²) in [5, 5.41) is 3.14. The zero-order valence-corrected chi connectivity index (χ0v) is 11.4. The Balaban J connectivity index is 1.87. The van der Waals surface area contributed by atoms with Crippen LogP contribution in [0.4, 0.5) is 10.1 Å². The fourth-order valence-corrected chi connectivity index (χ4v) is 1.46. The normalized spacial score (nSPS) is 10.6. The average molecular weight is 271 g/mol. The molecule has 1 aromatic carbocycles. The molecule has 0 spiro atoms. The molecule has 0 aliphatic rings. The van der Waals surface area contributed by atoms with Crippen molar-refractivity contribution in [2.45, 2.75) is 6.42 Å². The van der Waals surface area contributed by atoms with Crippen LogP contribution in [0.3, 0.4) is 0 Å². The Hall–Kier alpha value is -1.17. The van der Waals surface area contributed by atoms with E-state index in [4.69, 9.17) is 14.2 Å². The Labute approximate surface area is 113 Å². The SMILES string of the molecule is COCCCOCCOCCNc1ccc(F)cc1. The maximum Gasteiger partial charge on any atom is 0.123 e. The predicted molar refractivity (Wildman–Crippen MR) is 73.0 cm³/mol. The summed E-state index contributed by atoms with van der Waals surface area (Å²) in [6.07, 6.45) is 0.905. The maximum atomic E-state index is 12.7. The number of rotatable bonds is 11. The Morgan fingerprint density at radius 1 is 0.947 bits per heavy atom. The third-order valence-corrected chi connectivity index (χ3v) is 2.43. The predicted octanol–water partition coefficient (Wildman–Crippen LogP) is 2.31. The van der Waals surface area contributed by atoms with Gasteiger partial charge in [-0.25, -0.2) is 4.39 Å². The van der Waals surface area contributed by atoms with Gasteiger partial charge in [0, 0.05) is 32.6 Å². The third kappa shape index (κ3) is 8.53. The molecule has 0 heterocycles. The van der Waals surface area contributed by atoms with Crippen molar-refractivity contribution < 1.29 is 18.6 Å². The van der Waals surface area contributed by atoms with Gasteiger partial charge >= 0.3 is 0 Å². The largest absolute Gasteiger partial charge is 0.385 e. The fraction of sp³-hybridized carbons (Fsp3) is 0.571. The van der Waals surface area contributed by atoms with E-state index in [1.165, 1.54) is 12.1 Å². The molecular weight excluding hydrogens is 249 g/mol. The number of benzene rings is 1. The van der Waals surface area contributed by atoms with Crippen molar-refractivity contribution in [2.24, 2.45) is 0 Å². The van der Waals surface area contributed by atoms with E-state index in [1.54, 1.807) is 19.2 Å². The van der Waals surface area contributed by atoms with Crippen LogP contribution in [0, 0.1) is 5.82 Å². The summed E-state index contributed by atoms with van der Waals surface area (Å²) in [6, 6.07) is 6.26. The number of methoxy groups -OCH3 is 1. The monoisotopic (exact) mass is 271 g/mol. The number of nitrogens with one attached hydrogen (secondary N) is 1. The first-order valence-corrected chi connectivity index (χ1v) is 6.47. The van der Waals surface area contributed by atoms with Crippen LogP contribution in [-0.4, -0.2) is 46.7 Å². The van der Waals surface area contributed by atoms with E-state index < -0.39 is 0 Å². The van der Waals surface area contributed by atoms with Gasteiger partial charge in [0.15, 0.2) is 0 Å². The van der Waals surface area contributed by atoms with Gasteiger partial charge in [-0.05, 0) is 30.7 Å². The second-order valence-corrected chi connectivity index (χ2v) is 4.00. The molecular formula is C14H22FNO3. The topological polar surface area (TPSA) is 39.7 Å². The fourth-order valence-electron chi connectivity index (χ4n) is 1.46. The molecule has 0 atom stereocenters. The molecule has 0 bridgehead atoms.